The van der Waals surface area contributed by atoms with Gasteiger partial charge in [-0.3, -0.25) is 0 Å². The molecule has 2 atom stereocenters. The summed E-state index contributed by atoms with van der Waals surface area (Å²) in [4.78, 5) is 11.6. The molecule has 0 radical (unpaired) electrons. The number of amides is 1. The molecule has 0 spiro atoms. The van der Waals surface area contributed by atoms with Crippen LogP contribution >= 0.6 is 0 Å². The van der Waals surface area contributed by atoms with Gasteiger partial charge < -0.3 is 20.5 Å². The molecule has 0 aromatic heterocycles. The van der Waals surface area contributed by atoms with E-state index in [-0.39, 0.29) is 18.6 Å². The molecule has 1 amide bonds. The van der Waals surface area contributed by atoms with E-state index in [1.165, 1.54) is 0 Å². The fourth-order valence-corrected chi connectivity index (χ4v) is 1.76. The zero-order valence-electron chi connectivity index (χ0n) is 10.2. The van der Waals surface area contributed by atoms with Crippen molar-refractivity contribution in [2.24, 2.45) is 5.92 Å². The number of aliphatic hydroxyl groups excluding tert-OH is 1. The minimum Gasteiger partial charge on any atom is -0.444 e. The normalized spacial score (nSPS) is 26.2. The third-order valence-corrected chi connectivity index (χ3v) is 2.54. The van der Waals surface area contributed by atoms with Crippen LogP contribution in [-0.2, 0) is 4.74 Å². The van der Waals surface area contributed by atoms with Crippen molar-refractivity contribution in [2.45, 2.75) is 38.8 Å². The summed E-state index contributed by atoms with van der Waals surface area (Å²) < 4.78 is 5.18. The Hall–Kier alpha value is -0.810. The van der Waals surface area contributed by atoms with E-state index in [9.17, 15) is 9.90 Å². The van der Waals surface area contributed by atoms with Crippen molar-refractivity contribution in [1.29, 1.82) is 0 Å². The number of aliphatic hydroxyl groups is 1. The largest absolute Gasteiger partial charge is 0.444 e. The third-order valence-electron chi connectivity index (χ3n) is 2.54. The lowest BCUT2D eigenvalue weighted by Crippen LogP contribution is -2.51. The van der Waals surface area contributed by atoms with E-state index in [0.29, 0.717) is 0 Å². The first-order valence-corrected chi connectivity index (χ1v) is 5.73. The molecule has 3 N–H and O–H groups in total. The van der Waals surface area contributed by atoms with Crippen LogP contribution in [0, 0.1) is 5.92 Å². The lowest BCUT2D eigenvalue weighted by Gasteiger charge is -2.32. The molecule has 0 bridgehead atoms. The van der Waals surface area contributed by atoms with Crippen LogP contribution in [0.1, 0.15) is 27.2 Å². The van der Waals surface area contributed by atoms with Gasteiger partial charge in [0.25, 0.3) is 0 Å². The molecule has 5 heteroatoms. The maximum absolute atomic E-state index is 11.6. The second-order valence-electron chi connectivity index (χ2n) is 5.19. The number of alkyl carbamates (subject to hydrolysis) is 1. The Morgan fingerprint density at radius 3 is 2.81 bits per heavy atom. The third kappa shape index (κ3) is 4.37. The van der Waals surface area contributed by atoms with Gasteiger partial charge in [0.1, 0.15) is 5.60 Å². The molecule has 16 heavy (non-hydrogen) atoms. The van der Waals surface area contributed by atoms with Crippen molar-refractivity contribution in [3.05, 3.63) is 0 Å². The van der Waals surface area contributed by atoms with Gasteiger partial charge in [-0.05, 0) is 33.7 Å². The average Bonchev–Trinajstić information content (AvgIpc) is 2.15. The van der Waals surface area contributed by atoms with Crippen molar-refractivity contribution < 1.29 is 14.6 Å². The Kier molecular flexibility index (Phi) is 4.56. The Balaban J connectivity index is 2.42. The van der Waals surface area contributed by atoms with Gasteiger partial charge in [0.15, 0.2) is 0 Å². The van der Waals surface area contributed by atoms with Crippen molar-refractivity contribution in [1.82, 2.24) is 10.6 Å². The van der Waals surface area contributed by atoms with Crippen LogP contribution in [0.5, 0.6) is 0 Å². The number of rotatable bonds is 2. The maximum atomic E-state index is 11.6. The second-order valence-corrected chi connectivity index (χ2v) is 5.19. The summed E-state index contributed by atoms with van der Waals surface area (Å²) in [6, 6.07) is 0.00102. The van der Waals surface area contributed by atoms with Crippen LogP contribution in [0.4, 0.5) is 4.79 Å². The number of hydrogen-bond donors (Lipinski definition) is 3. The number of hydrogen-bond acceptors (Lipinski definition) is 4. The first kappa shape index (κ1) is 13.3. The molecule has 1 rings (SSSR count). The molecule has 1 fully saturated rings. The maximum Gasteiger partial charge on any atom is 0.407 e. The van der Waals surface area contributed by atoms with Gasteiger partial charge in [-0.2, -0.15) is 0 Å². The highest BCUT2D eigenvalue weighted by molar-refractivity contribution is 5.68. The fourth-order valence-electron chi connectivity index (χ4n) is 1.76. The Labute approximate surface area is 96.6 Å². The topological polar surface area (TPSA) is 70.6 Å². The summed E-state index contributed by atoms with van der Waals surface area (Å²) in [5, 5.41) is 15.2. The molecule has 1 unspecified atom stereocenters. The van der Waals surface area contributed by atoms with Crippen LogP contribution in [0.3, 0.4) is 0 Å². The van der Waals surface area contributed by atoms with Gasteiger partial charge in [0.2, 0.25) is 0 Å². The van der Waals surface area contributed by atoms with Crippen molar-refractivity contribution in [2.75, 3.05) is 19.7 Å². The smallest absolute Gasteiger partial charge is 0.407 e. The molecule has 1 heterocycles. The minimum absolute atomic E-state index is 0.00102. The van der Waals surface area contributed by atoms with E-state index >= 15 is 0 Å². The van der Waals surface area contributed by atoms with E-state index in [1.54, 1.807) is 0 Å². The first-order chi connectivity index (χ1) is 7.42. The van der Waals surface area contributed by atoms with Crippen molar-refractivity contribution in [3.8, 4) is 0 Å². The molecular formula is C11H22N2O3. The lowest BCUT2D eigenvalue weighted by molar-refractivity contribution is 0.0454. The van der Waals surface area contributed by atoms with Gasteiger partial charge in [-0.15, -0.1) is 0 Å². The zero-order chi connectivity index (χ0) is 12.2. The molecular weight excluding hydrogens is 208 g/mol. The summed E-state index contributed by atoms with van der Waals surface area (Å²) in [5.74, 6) is 0.0706. The highest BCUT2D eigenvalue weighted by Gasteiger charge is 2.27. The summed E-state index contributed by atoms with van der Waals surface area (Å²) in [6.45, 7) is 7.16. The minimum atomic E-state index is -0.480. The van der Waals surface area contributed by atoms with Gasteiger partial charge in [-0.25, -0.2) is 4.79 Å². The molecule has 1 aliphatic rings. The Morgan fingerprint density at radius 2 is 2.25 bits per heavy atom. The first-order valence-electron chi connectivity index (χ1n) is 5.73. The highest BCUT2D eigenvalue weighted by Crippen LogP contribution is 2.12. The number of carbonyl (C=O) groups excluding carboxylic acids is 1. The average molecular weight is 230 g/mol. The van der Waals surface area contributed by atoms with E-state index < -0.39 is 11.7 Å². The lowest BCUT2D eigenvalue weighted by atomic mass is 9.94. The van der Waals surface area contributed by atoms with E-state index in [0.717, 1.165) is 19.5 Å². The van der Waals surface area contributed by atoms with E-state index in [1.807, 2.05) is 20.8 Å². The molecule has 1 aliphatic heterocycles. The highest BCUT2D eigenvalue weighted by atomic mass is 16.6. The van der Waals surface area contributed by atoms with Gasteiger partial charge in [0, 0.05) is 25.1 Å². The van der Waals surface area contributed by atoms with Gasteiger partial charge in [0.05, 0.1) is 0 Å². The van der Waals surface area contributed by atoms with Crippen LogP contribution in [0.25, 0.3) is 0 Å². The number of piperidine rings is 1. The number of ether oxygens (including phenoxy) is 1. The standard InChI is InChI=1S/C11H22N2O3/c1-11(2,3)16-10(15)13-9-4-5-12-6-8(9)7-14/h8-9,12,14H,4-7H2,1-3H3,(H,13,15)/t8-,9?/m0/s1. The second kappa shape index (κ2) is 5.50. The predicted molar refractivity (Wildman–Crippen MR) is 61.2 cm³/mol. The van der Waals surface area contributed by atoms with Gasteiger partial charge in [-0.1, -0.05) is 0 Å². The summed E-state index contributed by atoms with van der Waals surface area (Å²) >= 11 is 0. The summed E-state index contributed by atoms with van der Waals surface area (Å²) in [5.41, 5.74) is -0.480. The SMILES string of the molecule is CC(C)(C)OC(=O)NC1CCNC[C@H]1CO. The molecule has 0 aromatic carbocycles. The summed E-state index contributed by atoms with van der Waals surface area (Å²) in [6.07, 6.45) is 0.419. The molecule has 1 saturated heterocycles. The zero-order valence-corrected chi connectivity index (χ0v) is 10.2. The van der Waals surface area contributed by atoms with Crippen LogP contribution in [0.2, 0.25) is 0 Å². The molecule has 5 nitrogen and oxygen atoms in total. The number of nitrogens with one attached hydrogen (secondary N) is 2. The predicted octanol–water partition coefficient (Wildman–Crippen LogP) is 0.481. The Morgan fingerprint density at radius 1 is 1.56 bits per heavy atom. The Bertz CT molecular complexity index is 238. The van der Waals surface area contributed by atoms with Crippen LogP contribution in [0.15, 0.2) is 0 Å². The molecule has 0 aromatic rings. The van der Waals surface area contributed by atoms with Crippen molar-refractivity contribution >= 4 is 6.09 Å². The van der Waals surface area contributed by atoms with E-state index in [2.05, 4.69) is 10.6 Å². The molecule has 0 saturated carbocycles. The van der Waals surface area contributed by atoms with Crippen molar-refractivity contribution in [3.63, 3.8) is 0 Å². The molecule has 94 valence electrons. The quantitative estimate of drug-likeness (QED) is 0.645. The number of carbonyl (C=O) groups is 1. The van der Waals surface area contributed by atoms with Gasteiger partial charge >= 0.3 is 6.09 Å². The molecule has 0 aliphatic carbocycles. The monoisotopic (exact) mass is 230 g/mol. The van der Waals surface area contributed by atoms with E-state index in [4.69, 9.17) is 4.74 Å². The summed E-state index contributed by atoms with van der Waals surface area (Å²) in [7, 11) is 0. The van der Waals surface area contributed by atoms with Crippen LogP contribution < -0.4 is 10.6 Å². The van der Waals surface area contributed by atoms with Crippen LogP contribution in [-0.4, -0.2) is 42.5 Å². The fraction of sp³-hybridized carbons (Fsp3) is 0.909.